The van der Waals surface area contributed by atoms with Gasteiger partial charge in [-0.2, -0.15) is 0 Å². The van der Waals surface area contributed by atoms with Gasteiger partial charge in [0, 0.05) is 12.6 Å². The fraction of sp³-hybridized carbons (Fsp3) is 0.158. The van der Waals surface area contributed by atoms with Crippen LogP contribution in [0.25, 0.3) is 291 Å². The molecule has 1 nitrogen and oxygen atoms in total. The van der Waals surface area contributed by atoms with Crippen LogP contribution < -0.4 is 0 Å². The zero-order valence-electron chi connectivity index (χ0n) is 41.1. The molecule has 0 saturated carbocycles. The average Bonchev–Trinajstić information content (AvgIpc) is 2.31. The van der Waals surface area contributed by atoms with Gasteiger partial charge in [-0.15, -0.1) is 0 Å². The minimum absolute atomic E-state index is 0.218. The van der Waals surface area contributed by atoms with Crippen LogP contribution in [0.15, 0.2) is 30.3 Å². The van der Waals surface area contributed by atoms with E-state index in [0.29, 0.717) is 0 Å². The third-order valence-corrected chi connectivity index (χ3v) is 27.7. The van der Waals surface area contributed by atoms with Gasteiger partial charge in [-0.1, -0.05) is 69.4 Å². The third kappa shape index (κ3) is 1.82. The summed E-state index contributed by atoms with van der Waals surface area (Å²) in [6, 6.07) is 12.6. The SMILES string of the molecule is CCCCCCCCN1CC23c4c5c6c7c8c9c(c%10c%11c2c2c4c4c%12c5c5c6c6c8c8c%13c9c9c%10c%10c%11c%11c2c2c4c4c%12c%12c5c5c6c8c6c8c%13c9c9c%10c%10c%11c2c2c4c4c%12c5c6c5c8c9c%10c2c45)C73C1c1ccccc1. The molecular formula is C76H25N. The molecule has 1 heteroatoms. The summed E-state index contributed by atoms with van der Waals surface area (Å²) < 4.78 is 0. The molecule has 5 aliphatic rings. The molecule has 0 bridgehead atoms. The quantitative estimate of drug-likeness (QED) is 0.108. The first-order valence-electron chi connectivity index (χ1n) is 29.9. The number of rotatable bonds is 8. The molecule has 77 heavy (non-hydrogen) atoms. The fourth-order valence-electron chi connectivity index (χ4n) is 27.3. The molecule has 0 N–H and O–H groups in total. The second-order valence-corrected chi connectivity index (χ2v) is 28.5. The summed E-state index contributed by atoms with van der Waals surface area (Å²) in [5.41, 5.74) is 8.30. The van der Waals surface area contributed by atoms with Crippen molar-refractivity contribution in [3.05, 3.63) is 58.1 Å². The highest BCUT2D eigenvalue weighted by Crippen LogP contribution is 2.87. The van der Waals surface area contributed by atoms with E-state index in [2.05, 4.69) is 42.2 Å². The molecule has 29 aromatic carbocycles. The van der Waals surface area contributed by atoms with E-state index in [9.17, 15) is 0 Å². The van der Waals surface area contributed by atoms with Crippen LogP contribution >= 0.6 is 0 Å². The molecule has 1 atom stereocenters. The van der Waals surface area contributed by atoms with Gasteiger partial charge >= 0.3 is 0 Å². The Hall–Kier alpha value is -8.36. The van der Waals surface area contributed by atoms with Crippen molar-refractivity contribution in [1.82, 2.24) is 4.90 Å². The van der Waals surface area contributed by atoms with E-state index in [0.717, 1.165) is 13.1 Å². The lowest BCUT2D eigenvalue weighted by molar-refractivity contribution is 0.221. The number of hydrogen-bond acceptors (Lipinski definition) is 1. The van der Waals surface area contributed by atoms with Crippen LogP contribution in [0.2, 0.25) is 0 Å². The van der Waals surface area contributed by atoms with E-state index in [-0.39, 0.29) is 16.9 Å². The maximum absolute atomic E-state index is 3.21. The second-order valence-electron chi connectivity index (χ2n) is 28.5. The van der Waals surface area contributed by atoms with Crippen molar-refractivity contribution in [2.45, 2.75) is 62.3 Å². The Morgan fingerprint density at radius 3 is 0.792 bits per heavy atom. The lowest BCUT2D eigenvalue weighted by atomic mass is 9.47. The summed E-state index contributed by atoms with van der Waals surface area (Å²) in [6.07, 6.45) is 8.00. The molecule has 1 unspecified atom stereocenters. The van der Waals surface area contributed by atoms with Gasteiger partial charge in [0.2, 0.25) is 0 Å². The first kappa shape index (κ1) is 31.0. The lowest BCUT2D eigenvalue weighted by Crippen LogP contribution is -2.51. The molecule has 29 aromatic rings. The predicted molar refractivity (Wildman–Crippen MR) is 328 cm³/mol. The van der Waals surface area contributed by atoms with Crippen LogP contribution in [0.3, 0.4) is 0 Å². The summed E-state index contributed by atoms with van der Waals surface area (Å²) in [7, 11) is 0. The molecular weight excluding hydrogens is 927 g/mol. The maximum atomic E-state index is 3.21. The number of hydrogen-bond donors (Lipinski definition) is 0. The highest BCUT2D eigenvalue weighted by molar-refractivity contribution is 6.82. The Bertz CT molecular complexity index is 7310. The minimum atomic E-state index is -0.290. The van der Waals surface area contributed by atoms with Gasteiger partial charge in [-0.3, -0.25) is 4.90 Å². The summed E-state index contributed by atoms with van der Waals surface area (Å²) in [6.45, 7) is 4.65. The first-order chi connectivity index (χ1) is 38.4. The van der Waals surface area contributed by atoms with E-state index in [1.807, 2.05) is 22.3 Å². The van der Waals surface area contributed by atoms with Crippen molar-refractivity contribution in [2.24, 2.45) is 0 Å². The average molecular weight is 952 g/mol. The first-order valence-corrected chi connectivity index (χ1v) is 29.9. The number of unbranched alkanes of at least 4 members (excludes halogenated alkanes) is 5. The number of likely N-dealkylation sites (tertiary alicyclic amines) is 1. The Morgan fingerprint density at radius 1 is 0.286 bits per heavy atom. The van der Waals surface area contributed by atoms with E-state index in [1.165, 1.54) is 38.5 Å². The van der Waals surface area contributed by atoms with Crippen molar-refractivity contribution < 1.29 is 0 Å². The van der Waals surface area contributed by atoms with E-state index in [4.69, 9.17) is 0 Å². The van der Waals surface area contributed by atoms with Gasteiger partial charge in [0.1, 0.15) is 0 Å². The minimum Gasteiger partial charge on any atom is -0.294 e. The molecule has 0 radical (unpaired) electrons. The van der Waals surface area contributed by atoms with Crippen molar-refractivity contribution in [3.63, 3.8) is 0 Å². The number of benzene rings is 19. The largest absolute Gasteiger partial charge is 0.294 e. The van der Waals surface area contributed by atoms with Crippen LogP contribution in [0, 0.1) is 0 Å². The lowest BCUT2D eigenvalue weighted by Gasteiger charge is -2.52. The molecule has 1 saturated heterocycles. The normalized spacial score (nSPS) is 22.8. The Labute approximate surface area is 426 Å². The molecule has 1 aliphatic heterocycles. The summed E-state index contributed by atoms with van der Waals surface area (Å²) in [5, 5.41) is 91.4. The van der Waals surface area contributed by atoms with Crippen molar-refractivity contribution >= 4 is 291 Å². The topological polar surface area (TPSA) is 3.24 Å². The fourth-order valence-corrected chi connectivity index (χ4v) is 27.3. The summed E-state index contributed by atoms with van der Waals surface area (Å²) >= 11 is 0. The molecule has 4 aliphatic carbocycles. The molecule has 2 spiro atoms. The molecule has 0 aromatic heterocycles. The van der Waals surface area contributed by atoms with E-state index < -0.39 is 0 Å². The molecule has 0 amide bonds. The molecule has 34 rings (SSSR count). The van der Waals surface area contributed by atoms with E-state index in [1.54, 1.807) is 296 Å². The highest BCUT2D eigenvalue weighted by Gasteiger charge is 2.76. The zero-order valence-corrected chi connectivity index (χ0v) is 41.1. The predicted octanol–water partition coefficient (Wildman–Crippen LogP) is 20.7. The summed E-state index contributed by atoms with van der Waals surface area (Å²) in [4.78, 5) is 3.21. The summed E-state index contributed by atoms with van der Waals surface area (Å²) in [5.74, 6) is 0. The maximum Gasteiger partial charge on any atom is 0.0575 e. The van der Waals surface area contributed by atoms with Crippen LogP contribution in [0.5, 0.6) is 0 Å². The standard InChI is InChI=1S/C76H25N/c1-2-3-4-5-6-10-13-77-14-75-70-62-54-44-34-26-18-16-17-20-24-22(18)30-38-32(24)42-36-28(20)29-21(17)25-23-19(16)27(26)35-41-31(23)39-33(25)43-37(29)47-46(36)58-52(42)60-50(38)56(48(54)40(30)34)64(70)66(60)72-68(58)69-59(47)53(43)61-51(39)57-49(41)55(45(35)44)63(62)71(75)65(57)67(61)73(69)76(72,75)74(77)15-11-8-7-9-12-15/h7-9,11-12,74H,2-6,10,13-14H2,1H3. The van der Waals surface area contributed by atoms with Crippen molar-refractivity contribution in [3.8, 4) is 0 Å². The molecule has 334 valence electrons. The van der Waals surface area contributed by atoms with Gasteiger partial charge in [0.15, 0.2) is 0 Å². The Morgan fingerprint density at radius 2 is 0.519 bits per heavy atom. The monoisotopic (exact) mass is 951 g/mol. The van der Waals surface area contributed by atoms with Gasteiger partial charge in [-0.25, -0.2) is 0 Å². The zero-order chi connectivity index (χ0) is 46.4. The number of nitrogens with zero attached hydrogens (tertiary/aromatic N) is 1. The van der Waals surface area contributed by atoms with Gasteiger partial charge in [0.25, 0.3) is 0 Å². The van der Waals surface area contributed by atoms with Gasteiger partial charge in [-0.05, 0) is 332 Å². The second kappa shape index (κ2) is 7.54. The molecule has 1 heterocycles. The van der Waals surface area contributed by atoms with Crippen LogP contribution in [0.1, 0.15) is 79.3 Å². The third-order valence-electron chi connectivity index (χ3n) is 27.7. The van der Waals surface area contributed by atoms with Crippen molar-refractivity contribution in [2.75, 3.05) is 13.1 Å². The Balaban J connectivity index is 1.04. The van der Waals surface area contributed by atoms with Crippen LogP contribution in [-0.2, 0) is 10.8 Å². The van der Waals surface area contributed by atoms with Crippen LogP contribution in [0.4, 0.5) is 0 Å². The van der Waals surface area contributed by atoms with Crippen molar-refractivity contribution in [1.29, 1.82) is 0 Å². The smallest absolute Gasteiger partial charge is 0.0575 e. The highest BCUT2D eigenvalue weighted by atomic mass is 15.2. The van der Waals surface area contributed by atoms with Gasteiger partial charge < -0.3 is 0 Å². The van der Waals surface area contributed by atoms with Gasteiger partial charge in [0.05, 0.1) is 10.8 Å². The Kier molecular flexibility index (Phi) is 3.03. The van der Waals surface area contributed by atoms with Crippen LogP contribution in [-0.4, -0.2) is 18.0 Å². The van der Waals surface area contributed by atoms with E-state index >= 15 is 0 Å². The molecule has 1 fully saturated rings.